The first-order valence-electron chi connectivity index (χ1n) is 8.54. The second-order valence-corrected chi connectivity index (χ2v) is 5.65. The van der Waals surface area contributed by atoms with E-state index in [1.54, 1.807) is 12.3 Å². The molecule has 1 heterocycles. The van der Waals surface area contributed by atoms with Gasteiger partial charge in [0.05, 0.1) is 0 Å². The van der Waals surface area contributed by atoms with Gasteiger partial charge in [-0.1, -0.05) is 70.8 Å². The maximum atomic E-state index is 11.7. The fraction of sp³-hybridized carbons (Fsp3) is 0.667. The van der Waals surface area contributed by atoms with Crippen LogP contribution in [0.4, 0.5) is 0 Å². The summed E-state index contributed by atoms with van der Waals surface area (Å²) in [6, 6.07) is 5.40. The molecule has 3 heteroatoms. The van der Waals surface area contributed by atoms with E-state index in [4.69, 9.17) is 0 Å². The van der Waals surface area contributed by atoms with E-state index >= 15 is 0 Å². The van der Waals surface area contributed by atoms with Crippen LogP contribution in [0.2, 0.25) is 0 Å². The van der Waals surface area contributed by atoms with Gasteiger partial charge >= 0.3 is 0 Å². The molecule has 0 aromatic carbocycles. The van der Waals surface area contributed by atoms with Crippen molar-refractivity contribution >= 4 is 5.91 Å². The summed E-state index contributed by atoms with van der Waals surface area (Å²) in [7, 11) is 0. The van der Waals surface area contributed by atoms with Gasteiger partial charge in [0.15, 0.2) is 0 Å². The third kappa shape index (κ3) is 9.22. The van der Waals surface area contributed by atoms with Crippen molar-refractivity contribution in [2.24, 2.45) is 0 Å². The monoisotopic (exact) mass is 290 g/mol. The lowest BCUT2D eigenvalue weighted by Crippen LogP contribution is -2.25. The van der Waals surface area contributed by atoms with Crippen molar-refractivity contribution in [1.29, 1.82) is 0 Å². The van der Waals surface area contributed by atoms with E-state index < -0.39 is 0 Å². The molecular weight excluding hydrogens is 260 g/mol. The Bertz CT molecular complexity index is 365. The van der Waals surface area contributed by atoms with E-state index in [0.29, 0.717) is 5.69 Å². The van der Waals surface area contributed by atoms with E-state index in [9.17, 15) is 4.79 Å². The Hall–Kier alpha value is -1.38. The summed E-state index contributed by atoms with van der Waals surface area (Å²) in [5.74, 6) is -0.0634. The largest absolute Gasteiger partial charge is 0.351 e. The molecule has 1 aromatic heterocycles. The number of hydrogen-bond acceptors (Lipinski definition) is 2. The molecule has 118 valence electrons. The van der Waals surface area contributed by atoms with Gasteiger partial charge in [-0.2, -0.15) is 0 Å². The third-order valence-corrected chi connectivity index (χ3v) is 3.71. The molecule has 1 aromatic rings. The zero-order chi connectivity index (χ0) is 15.2. The van der Waals surface area contributed by atoms with Crippen LogP contribution in [0.5, 0.6) is 0 Å². The van der Waals surface area contributed by atoms with Crippen LogP contribution in [-0.2, 0) is 0 Å². The Balaban J connectivity index is 1.88. The van der Waals surface area contributed by atoms with E-state index in [1.807, 2.05) is 12.1 Å². The molecule has 0 saturated heterocycles. The van der Waals surface area contributed by atoms with Gasteiger partial charge in [0.1, 0.15) is 5.69 Å². The van der Waals surface area contributed by atoms with Crippen LogP contribution in [0.3, 0.4) is 0 Å². The highest BCUT2D eigenvalue weighted by molar-refractivity contribution is 5.92. The summed E-state index contributed by atoms with van der Waals surface area (Å²) in [5, 5.41) is 2.92. The predicted molar refractivity (Wildman–Crippen MR) is 88.4 cm³/mol. The second-order valence-electron chi connectivity index (χ2n) is 5.65. The fourth-order valence-corrected chi connectivity index (χ4v) is 2.40. The fourth-order valence-electron chi connectivity index (χ4n) is 2.40. The maximum Gasteiger partial charge on any atom is 0.269 e. The van der Waals surface area contributed by atoms with Crippen molar-refractivity contribution in [2.75, 3.05) is 6.54 Å². The molecule has 0 fully saturated rings. The van der Waals surface area contributed by atoms with Crippen LogP contribution in [-0.4, -0.2) is 17.4 Å². The van der Waals surface area contributed by atoms with E-state index in [1.165, 1.54) is 57.8 Å². The summed E-state index contributed by atoms with van der Waals surface area (Å²) in [4.78, 5) is 15.8. The highest BCUT2D eigenvalue weighted by atomic mass is 16.1. The molecule has 0 radical (unpaired) electrons. The molecule has 3 nitrogen and oxygen atoms in total. The zero-order valence-electron chi connectivity index (χ0n) is 13.4. The summed E-state index contributed by atoms with van der Waals surface area (Å²) < 4.78 is 0. The van der Waals surface area contributed by atoms with E-state index in [0.717, 1.165) is 13.0 Å². The molecule has 0 bridgehead atoms. The summed E-state index contributed by atoms with van der Waals surface area (Å²) in [6.45, 7) is 3.01. The van der Waals surface area contributed by atoms with Crippen molar-refractivity contribution in [3.8, 4) is 0 Å². The van der Waals surface area contributed by atoms with Gasteiger partial charge in [-0.25, -0.2) is 0 Å². The van der Waals surface area contributed by atoms with E-state index in [-0.39, 0.29) is 5.91 Å². The number of amides is 1. The zero-order valence-corrected chi connectivity index (χ0v) is 13.4. The molecule has 1 N–H and O–H groups in total. The highest BCUT2D eigenvalue weighted by Gasteiger charge is 2.04. The molecular formula is C18H30N2O. The number of rotatable bonds is 12. The molecule has 0 aliphatic rings. The Kier molecular flexibility index (Phi) is 10.4. The first-order valence-corrected chi connectivity index (χ1v) is 8.54. The normalized spacial score (nSPS) is 10.5. The smallest absolute Gasteiger partial charge is 0.269 e. The predicted octanol–water partition coefficient (Wildman–Crippen LogP) is 4.73. The summed E-state index contributed by atoms with van der Waals surface area (Å²) in [6.07, 6.45) is 14.8. The number of carbonyl (C=O) groups is 1. The van der Waals surface area contributed by atoms with Gasteiger partial charge in [0.25, 0.3) is 5.91 Å². The van der Waals surface area contributed by atoms with Crippen molar-refractivity contribution in [2.45, 2.75) is 71.1 Å². The minimum Gasteiger partial charge on any atom is -0.351 e. The number of unbranched alkanes of at least 4 members (excludes halogenated alkanes) is 9. The number of aromatic nitrogens is 1. The quantitative estimate of drug-likeness (QED) is 0.565. The number of hydrogen-bond donors (Lipinski definition) is 1. The standard InChI is InChI=1S/C18H30N2O/c1-2-3-4-5-6-7-8-9-10-12-16-20-18(21)17-14-11-13-15-19-17/h11,13-15H,2-10,12,16H2,1H3,(H,20,21). The van der Waals surface area contributed by atoms with Crippen molar-refractivity contribution < 1.29 is 4.79 Å². The Morgan fingerprint density at radius 2 is 1.57 bits per heavy atom. The molecule has 1 rings (SSSR count). The summed E-state index contributed by atoms with van der Waals surface area (Å²) in [5.41, 5.74) is 0.504. The highest BCUT2D eigenvalue weighted by Crippen LogP contribution is 2.10. The minimum atomic E-state index is -0.0634. The Labute approximate surface area is 129 Å². The molecule has 0 spiro atoms. The van der Waals surface area contributed by atoms with Gasteiger partial charge in [-0.05, 0) is 18.6 Å². The number of nitrogens with one attached hydrogen (secondary N) is 1. The average Bonchev–Trinajstić information content (AvgIpc) is 2.53. The topological polar surface area (TPSA) is 42.0 Å². The molecule has 0 atom stereocenters. The van der Waals surface area contributed by atoms with Crippen LogP contribution in [0.25, 0.3) is 0 Å². The molecule has 0 unspecified atom stereocenters. The maximum absolute atomic E-state index is 11.7. The number of pyridine rings is 1. The van der Waals surface area contributed by atoms with Crippen LogP contribution in [0, 0.1) is 0 Å². The first kappa shape index (κ1) is 17.7. The van der Waals surface area contributed by atoms with Crippen LogP contribution in [0.1, 0.15) is 81.6 Å². The number of carbonyl (C=O) groups excluding carboxylic acids is 1. The first-order chi connectivity index (χ1) is 10.3. The average molecular weight is 290 g/mol. The number of nitrogens with zero attached hydrogens (tertiary/aromatic N) is 1. The van der Waals surface area contributed by atoms with Crippen molar-refractivity contribution in [1.82, 2.24) is 10.3 Å². The van der Waals surface area contributed by atoms with Gasteiger partial charge in [-0.15, -0.1) is 0 Å². The molecule has 0 aliphatic heterocycles. The lowest BCUT2D eigenvalue weighted by Gasteiger charge is -2.05. The van der Waals surface area contributed by atoms with Gasteiger partial charge in [-0.3, -0.25) is 9.78 Å². The van der Waals surface area contributed by atoms with Crippen LogP contribution in [0.15, 0.2) is 24.4 Å². The summed E-state index contributed by atoms with van der Waals surface area (Å²) >= 11 is 0. The Morgan fingerprint density at radius 3 is 2.14 bits per heavy atom. The molecule has 21 heavy (non-hydrogen) atoms. The van der Waals surface area contributed by atoms with Gasteiger partial charge < -0.3 is 5.32 Å². The van der Waals surface area contributed by atoms with Gasteiger partial charge in [0, 0.05) is 12.7 Å². The van der Waals surface area contributed by atoms with Crippen molar-refractivity contribution in [3.05, 3.63) is 30.1 Å². The molecule has 1 amide bonds. The second kappa shape index (κ2) is 12.4. The van der Waals surface area contributed by atoms with Gasteiger partial charge in [0.2, 0.25) is 0 Å². The Morgan fingerprint density at radius 1 is 0.952 bits per heavy atom. The van der Waals surface area contributed by atoms with Crippen LogP contribution >= 0.6 is 0 Å². The minimum absolute atomic E-state index is 0.0634. The lowest BCUT2D eigenvalue weighted by atomic mass is 10.1. The molecule has 0 saturated carbocycles. The van der Waals surface area contributed by atoms with Crippen LogP contribution < -0.4 is 5.32 Å². The molecule has 0 aliphatic carbocycles. The lowest BCUT2D eigenvalue weighted by molar-refractivity contribution is 0.0948. The van der Waals surface area contributed by atoms with Crippen molar-refractivity contribution in [3.63, 3.8) is 0 Å². The van der Waals surface area contributed by atoms with E-state index in [2.05, 4.69) is 17.2 Å². The SMILES string of the molecule is CCCCCCCCCCCCNC(=O)c1ccccn1. The third-order valence-electron chi connectivity index (χ3n) is 3.71.